The van der Waals surface area contributed by atoms with Crippen LogP contribution in [0.4, 0.5) is 0 Å². The summed E-state index contributed by atoms with van der Waals surface area (Å²) in [5.74, 6) is -2.69. The first kappa shape index (κ1) is 14.4. The molecule has 0 aliphatic carbocycles. The fraction of sp³-hybridized carbons (Fsp3) is 0.375. The predicted molar refractivity (Wildman–Crippen MR) is 78.2 cm³/mol. The van der Waals surface area contributed by atoms with Gasteiger partial charge in [-0.3, -0.25) is 19.5 Å². The Balaban J connectivity index is 2.09. The minimum Gasteiger partial charge on any atom is -0.467 e. The van der Waals surface area contributed by atoms with Crippen molar-refractivity contribution >= 4 is 23.5 Å². The van der Waals surface area contributed by atoms with Crippen LogP contribution in [0.2, 0.25) is 0 Å². The van der Waals surface area contributed by atoms with Gasteiger partial charge in [-0.1, -0.05) is 30.3 Å². The lowest BCUT2D eigenvalue weighted by Gasteiger charge is -2.14. The molecule has 0 aromatic heterocycles. The second kappa shape index (κ2) is 5.36. The topological polar surface area (TPSA) is 76.0 Å². The molecule has 3 rings (SSSR count). The summed E-state index contributed by atoms with van der Waals surface area (Å²) in [6.07, 6.45) is 0. The third-order valence-electron chi connectivity index (χ3n) is 4.18. The van der Waals surface area contributed by atoms with E-state index in [-0.39, 0.29) is 11.8 Å². The first-order chi connectivity index (χ1) is 10.6. The number of nitrogens with zero attached hydrogens (tertiary/aromatic N) is 2. The second-order valence-electron chi connectivity index (χ2n) is 5.27. The monoisotopic (exact) mass is 300 g/mol. The first-order valence-corrected chi connectivity index (χ1v) is 7.16. The van der Waals surface area contributed by atoms with Crippen LogP contribution in [0.25, 0.3) is 0 Å². The largest absolute Gasteiger partial charge is 0.467 e. The third kappa shape index (κ3) is 1.94. The first-order valence-electron chi connectivity index (χ1n) is 7.16. The quantitative estimate of drug-likeness (QED) is 0.607. The van der Waals surface area contributed by atoms with Crippen molar-refractivity contribution in [2.24, 2.45) is 16.8 Å². The van der Waals surface area contributed by atoms with Gasteiger partial charge in [-0.05, 0) is 12.5 Å². The Labute approximate surface area is 127 Å². The van der Waals surface area contributed by atoms with E-state index < -0.39 is 23.8 Å². The standard InChI is InChI=1S/C16H16N2O4/c1-3-18-14(19)10-11(15(18)20)13(16(21)22-2)17-12(10)9-7-5-4-6-8-9/h4-8,10-11,13H,3H2,1-2H3/t10-,11+,13+/m0/s1. The molecule has 1 fully saturated rings. The maximum atomic E-state index is 12.5. The molecule has 3 atom stereocenters. The van der Waals surface area contributed by atoms with Gasteiger partial charge in [0.05, 0.1) is 24.7 Å². The van der Waals surface area contributed by atoms with Crippen molar-refractivity contribution in [2.75, 3.05) is 13.7 Å². The van der Waals surface area contributed by atoms with Gasteiger partial charge in [-0.25, -0.2) is 4.79 Å². The molecule has 1 saturated heterocycles. The minimum absolute atomic E-state index is 0.286. The molecule has 114 valence electrons. The zero-order valence-corrected chi connectivity index (χ0v) is 12.4. The predicted octanol–water partition coefficient (Wildman–Crippen LogP) is 0.652. The summed E-state index contributed by atoms with van der Waals surface area (Å²) < 4.78 is 4.75. The number of rotatable bonds is 3. The molecule has 0 spiro atoms. The zero-order chi connectivity index (χ0) is 15.9. The van der Waals surface area contributed by atoms with Gasteiger partial charge in [0, 0.05) is 6.54 Å². The van der Waals surface area contributed by atoms with Gasteiger partial charge < -0.3 is 4.74 Å². The molecule has 1 aromatic carbocycles. The molecule has 22 heavy (non-hydrogen) atoms. The third-order valence-corrected chi connectivity index (χ3v) is 4.18. The average molecular weight is 300 g/mol. The maximum Gasteiger partial charge on any atom is 0.331 e. The number of ether oxygens (including phenoxy) is 1. The molecular weight excluding hydrogens is 284 g/mol. The number of carbonyl (C=O) groups excluding carboxylic acids is 3. The van der Waals surface area contributed by atoms with Gasteiger partial charge in [0.2, 0.25) is 11.8 Å². The maximum absolute atomic E-state index is 12.5. The normalized spacial score (nSPS) is 26.9. The Morgan fingerprint density at radius 3 is 2.50 bits per heavy atom. The van der Waals surface area contributed by atoms with Gasteiger partial charge in [-0.2, -0.15) is 0 Å². The highest BCUT2D eigenvalue weighted by Crippen LogP contribution is 2.39. The molecular formula is C16H16N2O4. The van der Waals surface area contributed by atoms with E-state index in [9.17, 15) is 14.4 Å². The van der Waals surface area contributed by atoms with Crippen molar-refractivity contribution in [1.29, 1.82) is 0 Å². The lowest BCUT2D eigenvalue weighted by atomic mass is 9.86. The highest BCUT2D eigenvalue weighted by Gasteiger charge is 2.58. The lowest BCUT2D eigenvalue weighted by Crippen LogP contribution is -2.36. The molecule has 1 aromatic rings. The second-order valence-corrected chi connectivity index (χ2v) is 5.27. The van der Waals surface area contributed by atoms with Crippen LogP contribution in [0.3, 0.4) is 0 Å². The smallest absolute Gasteiger partial charge is 0.331 e. The van der Waals surface area contributed by atoms with Gasteiger partial charge in [0.1, 0.15) is 0 Å². The molecule has 0 unspecified atom stereocenters. The van der Waals surface area contributed by atoms with Crippen LogP contribution < -0.4 is 0 Å². The van der Waals surface area contributed by atoms with E-state index in [2.05, 4.69) is 4.99 Å². The van der Waals surface area contributed by atoms with Crippen molar-refractivity contribution in [1.82, 2.24) is 4.90 Å². The van der Waals surface area contributed by atoms with Crippen molar-refractivity contribution in [3.8, 4) is 0 Å². The van der Waals surface area contributed by atoms with Gasteiger partial charge in [0.25, 0.3) is 0 Å². The molecule has 0 saturated carbocycles. The van der Waals surface area contributed by atoms with E-state index in [0.29, 0.717) is 12.3 Å². The van der Waals surface area contributed by atoms with Gasteiger partial charge in [-0.15, -0.1) is 0 Å². The number of esters is 1. The number of benzene rings is 1. The molecule has 2 amide bonds. The highest BCUT2D eigenvalue weighted by atomic mass is 16.5. The van der Waals surface area contributed by atoms with E-state index in [4.69, 9.17) is 4.74 Å². The molecule has 6 heteroatoms. The number of carbonyl (C=O) groups is 3. The Kier molecular flexibility index (Phi) is 3.52. The molecule has 0 N–H and O–H groups in total. The van der Waals surface area contributed by atoms with E-state index in [1.807, 2.05) is 30.3 Å². The van der Waals surface area contributed by atoms with E-state index in [0.717, 1.165) is 5.56 Å². The molecule has 0 radical (unpaired) electrons. The van der Waals surface area contributed by atoms with Crippen molar-refractivity contribution in [2.45, 2.75) is 13.0 Å². The Morgan fingerprint density at radius 1 is 1.23 bits per heavy atom. The number of hydrogen-bond donors (Lipinski definition) is 0. The number of imide groups is 1. The van der Waals surface area contributed by atoms with Crippen LogP contribution in [-0.2, 0) is 19.1 Å². The number of hydrogen-bond acceptors (Lipinski definition) is 5. The van der Waals surface area contributed by atoms with Crippen LogP contribution in [0.5, 0.6) is 0 Å². The Hall–Kier alpha value is -2.50. The van der Waals surface area contributed by atoms with Crippen LogP contribution >= 0.6 is 0 Å². The molecule has 0 bridgehead atoms. The molecule has 6 nitrogen and oxygen atoms in total. The summed E-state index contributed by atoms with van der Waals surface area (Å²) >= 11 is 0. The van der Waals surface area contributed by atoms with Crippen LogP contribution in [-0.4, -0.2) is 48.1 Å². The minimum atomic E-state index is -0.946. The highest BCUT2D eigenvalue weighted by molar-refractivity contribution is 6.24. The summed E-state index contributed by atoms with van der Waals surface area (Å²) in [5.41, 5.74) is 1.25. The summed E-state index contributed by atoms with van der Waals surface area (Å²) in [7, 11) is 1.26. The Morgan fingerprint density at radius 2 is 1.91 bits per heavy atom. The zero-order valence-electron chi connectivity index (χ0n) is 12.4. The van der Waals surface area contributed by atoms with E-state index in [1.54, 1.807) is 6.92 Å². The number of likely N-dealkylation sites (tertiary alicyclic amines) is 1. The summed E-state index contributed by atoms with van der Waals surface area (Å²) in [6.45, 7) is 2.03. The molecule has 2 aliphatic rings. The van der Waals surface area contributed by atoms with E-state index >= 15 is 0 Å². The number of amides is 2. The van der Waals surface area contributed by atoms with Crippen molar-refractivity contribution in [3.05, 3.63) is 35.9 Å². The summed E-state index contributed by atoms with van der Waals surface area (Å²) in [6, 6.07) is 8.21. The number of fused-ring (bicyclic) bond motifs is 1. The number of aliphatic imine (C=N–C) groups is 1. The summed E-state index contributed by atoms with van der Waals surface area (Å²) in [4.78, 5) is 42.5. The van der Waals surface area contributed by atoms with Crippen LogP contribution in [0.15, 0.2) is 35.3 Å². The van der Waals surface area contributed by atoms with E-state index in [1.165, 1.54) is 12.0 Å². The van der Waals surface area contributed by atoms with Gasteiger partial charge >= 0.3 is 5.97 Å². The van der Waals surface area contributed by atoms with Gasteiger partial charge in [0.15, 0.2) is 6.04 Å². The fourth-order valence-electron chi connectivity index (χ4n) is 3.16. The van der Waals surface area contributed by atoms with Crippen molar-refractivity contribution in [3.63, 3.8) is 0 Å². The molecule has 2 heterocycles. The van der Waals surface area contributed by atoms with Crippen LogP contribution in [0.1, 0.15) is 12.5 Å². The number of methoxy groups -OCH3 is 1. The van der Waals surface area contributed by atoms with Crippen molar-refractivity contribution < 1.29 is 19.1 Å². The lowest BCUT2D eigenvalue weighted by molar-refractivity contribution is -0.147. The molecule has 2 aliphatic heterocycles. The van der Waals surface area contributed by atoms with Crippen LogP contribution in [0, 0.1) is 11.8 Å². The SMILES string of the molecule is CCN1C(=O)[C@@H]2C(c3ccccc3)=N[C@@H](C(=O)OC)[C@@H]2C1=O. The average Bonchev–Trinajstić information content (AvgIpc) is 3.05. The summed E-state index contributed by atoms with van der Waals surface area (Å²) in [5, 5.41) is 0. The Bertz CT molecular complexity index is 668. The fourth-order valence-corrected chi connectivity index (χ4v) is 3.16.